The quantitative estimate of drug-likeness (QED) is 0.739. The number of carbonyl (C=O) groups is 1. The second-order valence-corrected chi connectivity index (χ2v) is 3.16. The van der Waals surface area contributed by atoms with E-state index in [1.807, 2.05) is 31.2 Å². The minimum Gasteiger partial charge on any atom is -0.396 e. The zero-order chi connectivity index (χ0) is 10.4. The van der Waals surface area contributed by atoms with Crippen molar-refractivity contribution in [1.29, 1.82) is 0 Å². The van der Waals surface area contributed by atoms with Crippen molar-refractivity contribution in [2.45, 2.75) is 13.3 Å². The molecule has 0 radical (unpaired) electrons. The lowest BCUT2D eigenvalue weighted by atomic mass is 10.0. The Morgan fingerprint density at radius 1 is 1.36 bits per heavy atom. The van der Waals surface area contributed by atoms with Gasteiger partial charge in [0.1, 0.15) is 0 Å². The molecule has 0 heterocycles. The number of rotatable bonds is 4. The van der Waals surface area contributed by atoms with Crippen molar-refractivity contribution in [3.63, 3.8) is 0 Å². The van der Waals surface area contributed by atoms with E-state index in [0.29, 0.717) is 12.0 Å². The molecule has 0 aliphatic heterocycles. The number of aldehydes is 1. The van der Waals surface area contributed by atoms with Crippen LogP contribution in [0.2, 0.25) is 0 Å². The highest BCUT2D eigenvalue weighted by Crippen LogP contribution is 2.11. The third kappa shape index (κ3) is 2.82. The predicted molar refractivity (Wildman–Crippen MR) is 57.3 cm³/mol. The first-order chi connectivity index (χ1) is 6.77. The van der Waals surface area contributed by atoms with Gasteiger partial charge in [0, 0.05) is 12.2 Å². The molecule has 0 amide bonds. The zero-order valence-electron chi connectivity index (χ0n) is 8.23. The summed E-state index contributed by atoms with van der Waals surface area (Å²) >= 11 is 0. The molecule has 1 aromatic carbocycles. The number of hydrogen-bond acceptors (Lipinski definition) is 2. The summed E-state index contributed by atoms with van der Waals surface area (Å²) in [4.78, 5) is 10.7. The lowest BCUT2D eigenvalue weighted by Crippen LogP contribution is -1.87. The molecule has 0 fully saturated rings. The third-order valence-electron chi connectivity index (χ3n) is 1.96. The van der Waals surface area contributed by atoms with Crippen LogP contribution < -0.4 is 0 Å². The number of aryl methyl sites for hydroxylation is 1. The first kappa shape index (κ1) is 10.7. The molecular weight excluding hydrogens is 176 g/mol. The average molecular weight is 190 g/mol. The number of aliphatic hydroxyl groups excluding tert-OH is 1. The summed E-state index contributed by atoms with van der Waals surface area (Å²) in [5.74, 6) is 0. The summed E-state index contributed by atoms with van der Waals surface area (Å²) in [6.07, 6.45) is 5.19. The molecule has 0 saturated heterocycles. The molecule has 1 aromatic rings. The fraction of sp³-hybridized carbons (Fsp3) is 0.250. The van der Waals surface area contributed by atoms with Gasteiger partial charge >= 0.3 is 0 Å². The molecule has 0 unspecified atom stereocenters. The highest BCUT2D eigenvalue weighted by Gasteiger charge is 1.97. The number of benzene rings is 1. The van der Waals surface area contributed by atoms with Crippen molar-refractivity contribution in [3.8, 4) is 0 Å². The second-order valence-electron chi connectivity index (χ2n) is 3.16. The zero-order valence-corrected chi connectivity index (χ0v) is 8.23. The van der Waals surface area contributed by atoms with Gasteiger partial charge in [-0.15, -0.1) is 0 Å². The van der Waals surface area contributed by atoms with Crippen molar-refractivity contribution in [1.82, 2.24) is 0 Å². The van der Waals surface area contributed by atoms with Gasteiger partial charge in [0.2, 0.25) is 0 Å². The Morgan fingerprint density at radius 2 is 2.14 bits per heavy atom. The van der Waals surface area contributed by atoms with Crippen LogP contribution in [0.1, 0.15) is 27.9 Å². The predicted octanol–water partition coefficient (Wildman–Crippen LogP) is 2.20. The number of aliphatic hydroxyl groups is 1. The minimum absolute atomic E-state index is 0.138. The third-order valence-corrected chi connectivity index (χ3v) is 1.96. The molecule has 1 N–H and O–H groups in total. The Balaban J connectivity index is 2.92. The van der Waals surface area contributed by atoms with E-state index in [1.165, 1.54) is 0 Å². The van der Waals surface area contributed by atoms with Gasteiger partial charge in [0.25, 0.3) is 0 Å². The standard InChI is InChI=1S/C12H14O2/c1-10-5-6-12(9-14)11(8-10)4-2-3-7-13/h2,4-6,8-9,13H,3,7H2,1H3. The molecule has 0 bridgehead atoms. The Kier molecular flexibility index (Phi) is 4.08. The largest absolute Gasteiger partial charge is 0.396 e. The van der Waals surface area contributed by atoms with Crippen LogP contribution in [0.4, 0.5) is 0 Å². The van der Waals surface area contributed by atoms with Crippen molar-refractivity contribution >= 4 is 12.4 Å². The number of carbonyl (C=O) groups excluding carboxylic acids is 1. The van der Waals surface area contributed by atoms with E-state index in [1.54, 1.807) is 6.07 Å². The van der Waals surface area contributed by atoms with Crippen LogP contribution in [-0.4, -0.2) is 18.0 Å². The minimum atomic E-state index is 0.138. The molecule has 14 heavy (non-hydrogen) atoms. The lowest BCUT2D eigenvalue weighted by molar-refractivity contribution is 0.112. The van der Waals surface area contributed by atoms with E-state index in [-0.39, 0.29) is 6.61 Å². The van der Waals surface area contributed by atoms with Crippen LogP contribution >= 0.6 is 0 Å². The van der Waals surface area contributed by atoms with E-state index >= 15 is 0 Å². The summed E-state index contributed by atoms with van der Waals surface area (Å²) in [5, 5.41) is 8.60. The second kappa shape index (κ2) is 5.35. The summed E-state index contributed by atoms with van der Waals surface area (Å²) in [6, 6.07) is 5.67. The summed E-state index contributed by atoms with van der Waals surface area (Å²) in [6.45, 7) is 2.12. The normalized spacial score (nSPS) is 10.7. The maximum atomic E-state index is 10.7. The summed E-state index contributed by atoms with van der Waals surface area (Å²) < 4.78 is 0. The molecule has 0 aliphatic rings. The van der Waals surface area contributed by atoms with Crippen molar-refractivity contribution in [2.75, 3.05) is 6.61 Å². The van der Waals surface area contributed by atoms with E-state index in [4.69, 9.17) is 5.11 Å². The van der Waals surface area contributed by atoms with Gasteiger partial charge in [-0.1, -0.05) is 35.9 Å². The van der Waals surface area contributed by atoms with E-state index in [9.17, 15) is 4.79 Å². The molecule has 1 rings (SSSR count). The van der Waals surface area contributed by atoms with Crippen molar-refractivity contribution in [2.24, 2.45) is 0 Å². The van der Waals surface area contributed by atoms with Gasteiger partial charge in [0.05, 0.1) is 0 Å². The smallest absolute Gasteiger partial charge is 0.150 e. The van der Waals surface area contributed by atoms with Crippen LogP contribution in [0.15, 0.2) is 24.3 Å². The van der Waals surface area contributed by atoms with E-state index in [2.05, 4.69) is 0 Å². The number of hydrogen-bond donors (Lipinski definition) is 1. The van der Waals surface area contributed by atoms with Gasteiger partial charge in [-0.2, -0.15) is 0 Å². The summed E-state index contributed by atoms with van der Waals surface area (Å²) in [5.41, 5.74) is 2.72. The average Bonchev–Trinajstić information content (AvgIpc) is 2.19. The SMILES string of the molecule is Cc1ccc(C=O)c(C=CCCO)c1. The first-order valence-corrected chi connectivity index (χ1v) is 4.61. The topological polar surface area (TPSA) is 37.3 Å². The van der Waals surface area contributed by atoms with Gasteiger partial charge in [0.15, 0.2) is 6.29 Å². The van der Waals surface area contributed by atoms with Crippen LogP contribution in [0, 0.1) is 6.92 Å². The molecule has 74 valence electrons. The summed E-state index contributed by atoms with van der Waals surface area (Å²) in [7, 11) is 0. The Hall–Kier alpha value is -1.41. The maximum absolute atomic E-state index is 10.7. The van der Waals surface area contributed by atoms with Gasteiger partial charge in [-0.05, 0) is 18.9 Å². The van der Waals surface area contributed by atoms with E-state index in [0.717, 1.165) is 17.4 Å². The van der Waals surface area contributed by atoms with Crippen molar-refractivity contribution < 1.29 is 9.90 Å². The highest BCUT2D eigenvalue weighted by atomic mass is 16.2. The first-order valence-electron chi connectivity index (χ1n) is 4.61. The molecule has 2 heteroatoms. The van der Waals surface area contributed by atoms with Gasteiger partial charge in [-0.3, -0.25) is 4.79 Å². The Bertz CT molecular complexity index is 340. The molecule has 0 aromatic heterocycles. The fourth-order valence-electron chi connectivity index (χ4n) is 1.23. The van der Waals surface area contributed by atoms with E-state index < -0.39 is 0 Å². The fourth-order valence-corrected chi connectivity index (χ4v) is 1.23. The molecule has 0 aliphatic carbocycles. The van der Waals surface area contributed by atoms with Crippen LogP contribution in [0.5, 0.6) is 0 Å². The van der Waals surface area contributed by atoms with Crippen LogP contribution in [-0.2, 0) is 0 Å². The Labute approximate surface area is 83.9 Å². The van der Waals surface area contributed by atoms with Crippen LogP contribution in [0.3, 0.4) is 0 Å². The van der Waals surface area contributed by atoms with Crippen LogP contribution in [0.25, 0.3) is 6.08 Å². The molecule has 0 spiro atoms. The monoisotopic (exact) mass is 190 g/mol. The molecule has 0 atom stereocenters. The lowest BCUT2D eigenvalue weighted by Gasteiger charge is -2.00. The van der Waals surface area contributed by atoms with Crippen molar-refractivity contribution in [3.05, 3.63) is 41.0 Å². The maximum Gasteiger partial charge on any atom is 0.150 e. The molecule has 2 nitrogen and oxygen atoms in total. The van der Waals surface area contributed by atoms with Gasteiger partial charge in [-0.25, -0.2) is 0 Å². The molecular formula is C12H14O2. The highest BCUT2D eigenvalue weighted by molar-refractivity contribution is 5.82. The molecule has 0 saturated carbocycles. The Morgan fingerprint density at radius 3 is 2.79 bits per heavy atom. The van der Waals surface area contributed by atoms with Gasteiger partial charge < -0.3 is 5.11 Å².